The highest BCUT2D eigenvalue weighted by molar-refractivity contribution is 6.30. The van der Waals surface area contributed by atoms with Crippen LogP contribution < -0.4 is 14.8 Å². The second-order valence-electron chi connectivity index (χ2n) is 8.63. The molecule has 3 aromatic carbocycles. The Kier molecular flexibility index (Phi) is 9.22. The Hall–Kier alpha value is -3.51. The van der Waals surface area contributed by atoms with E-state index >= 15 is 0 Å². The number of fused-ring (bicyclic) bond motifs is 1. The third-order valence-electron chi connectivity index (χ3n) is 6.02. The summed E-state index contributed by atoms with van der Waals surface area (Å²) in [5.41, 5.74) is 2.77. The largest absolute Gasteiger partial charge is 0.497 e. The highest BCUT2D eigenvalue weighted by atomic mass is 35.5. The quantitative estimate of drug-likeness (QED) is 0.216. The standard InChI is InChI=1S/C29H32ClN3O3/c1-35-24-12-8-13-25(21-24)36-19-9-18-33-27-15-5-4-14-26(27)32-28(33)16-3-2-6-17-31-29(34)22-10-7-11-23(30)20-22/h4-5,7-8,10-15,20-21H,2-3,6,9,16-19H2,1H3,(H,31,34). The molecule has 4 aromatic rings. The fourth-order valence-electron chi connectivity index (χ4n) is 4.19. The summed E-state index contributed by atoms with van der Waals surface area (Å²) in [7, 11) is 1.65. The molecule has 0 aliphatic rings. The van der Waals surface area contributed by atoms with Crippen LogP contribution in [0.5, 0.6) is 11.5 Å². The van der Waals surface area contributed by atoms with Crippen LogP contribution >= 0.6 is 11.6 Å². The Morgan fingerprint density at radius 3 is 2.64 bits per heavy atom. The van der Waals surface area contributed by atoms with Crippen LogP contribution in [0, 0.1) is 0 Å². The summed E-state index contributed by atoms with van der Waals surface area (Å²) < 4.78 is 13.5. The first-order valence-corrected chi connectivity index (χ1v) is 12.8. The molecule has 0 unspecified atom stereocenters. The van der Waals surface area contributed by atoms with Crippen molar-refractivity contribution in [3.05, 3.63) is 89.2 Å². The zero-order valence-corrected chi connectivity index (χ0v) is 21.3. The molecule has 0 saturated carbocycles. The molecule has 0 atom stereocenters. The minimum atomic E-state index is -0.0875. The van der Waals surface area contributed by atoms with Crippen molar-refractivity contribution in [1.82, 2.24) is 14.9 Å². The molecule has 0 spiro atoms. The number of nitrogens with zero attached hydrogens (tertiary/aromatic N) is 2. The van der Waals surface area contributed by atoms with Gasteiger partial charge >= 0.3 is 0 Å². The van der Waals surface area contributed by atoms with Gasteiger partial charge < -0.3 is 19.4 Å². The molecule has 36 heavy (non-hydrogen) atoms. The average molecular weight is 506 g/mol. The number of carbonyl (C=O) groups excluding carboxylic acids is 1. The molecular formula is C29H32ClN3O3. The van der Waals surface area contributed by atoms with E-state index in [-0.39, 0.29) is 5.91 Å². The topological polar surface area (TPSA) is 65.4 Å². The van der Waals surface area contributed by atoms with Crippen LogP contribution in [0.4, 0.5) is 0 Å². The minimum Gasteiger partial charge on any atom is -0.497 e. The lowest BCUT2D eigenvalue weighted by Crippen LogP contribution is -2.24. The van der Waals surface area contributed by atoms with Gasteiger partial charge in [0.15, 0.2) is 0 Å². The first-order valence-electron chi connectivity index (χ1n) is 12.4. The summed E-state index contributed by atoms with van der Waals surface area (Å²) in [5.74, 6) is 2.61. The van der Waals surface area contributed by atoms with Crippen LogP contribution in [-0.4, -0.2) is 35.7 Å². The van der Waals surface area contributed by atoms with Crippen LogP contribution in [-0.2, 0) is 13.0 Å². The van der Waals surface area contributed by atoms with Crippen LogP contribution in [0.3, 0.4) is 0 Å². The highest BCUT2D eigenvalue weighted by Gasteiger charge is 2.11. The maximum absolute atomic E-state index is 12.2. The van der Waals surface area contributed by atoms with Crippen molar-refractivity contribution in [2.45, 2.75) is 38.6 Å². The second-order valence-corrected chi connectivity index (χ2v) is 9.06. The van der Waals surface area contributed by atoms with Crippen LogP contribution in [0.2, 0.25) is 5.02 Å². The Bertz CT molecular complexity index is 1290. The molecular weight excluding hydrogens is 474 g/mol. The van der Waals surface area contributed by atoms with Gasteiger partial charge in [0.25, 0.3) is 5.91 Å². The third-order valence-corrected chi connectivity index (χ3v) is 6.25. The van der Waals surface area contributed by atoms with Gasteiger partial charge in [-0.15, -0.1) is 0 Å². The van der Waals surface area contributed by atoms with Crippen molar-refractivity contribution >= 4 is 28.5 Å². The molecule has 0 bridgehead atoms. The van der Waals surface area contributed by atoms with Gasteiger partial charge in [-0.2, -0.15) is 0 Å². The molecule has 0 aliphatic heterocycles. The Morgan fingerprint density at radius 1 is 0.944 bits per heavy atom. The maximum Gasteiger partial charge on any atom is 0.251 e. The summed E-state index contributed by atoms with van der Waals surface area (Å²) in [6.45, 7) is 2.10. The molecule has 1 heterocycles. The number of ether oxygens (including phenoxy) is 2. The lowest BCUT2D eigenvalue weighted by atomic mass is 10.1. The summed E-state index contributed by atoms with van der Waals surface area (Å²) in [6, 6.07) is 22.9. The van der Waals surface area contributed by atoms with Gasteiger partial charge in [0.2, 0.25) is 0 Å². The highest BCUT2D eigenvalue weighted by Crippen LogP contribution is 2.21. The number of methoxy groups -OCH3 is 1. The fourth-order valence-corrected chi connectivity index (χ4v) is 4.38. The second kappa shape index (κ2) is 13.0. The van der Waals surface area contributed by atoms with E-state index in [2.05, 4.69) is 28.1 Å². The normalized spacial score (nSPS) is 10.9. The summed E-state index contributed by atoms with van der Waals surface area (Å²) in [4.78, 5) is 17.1. The Labute approximate surface area is 217 Å². The first-order chi connectivity index (χ1) is 17.6. The van der Waals surface area contributed by atoms with Gasteiger partial charge in [-0.1, -0.05) is 42.3 Å². The average Bonchev–Trinajstić information content (AvgIpc) is 3.25. The number of hydrogen-bond donors (Lipinski definition) is 1. The number of aryl methyl sites for hydroxylation is 2. The molecule has 0 fully saturated rings. The van der Waals surface area contributed by atoms with E-state index in [1.165, 1.54) is 0 Å². The van der Waals surface area contributed by atoms with Gasteiger partial charge in [-0.05, 0) is 61.7 Å². The Morgan fingerprint density at radius 2 is 1.78 bits per heavy atom. The number of unbranched alkanes of at least 4 members (excludes halogenated alkanes) is 2. The van der Waals surface area contributed by atoms with E-state index in [0.717, 1.165) is 67.0 Å². The van der Waals surface area contributed by atoms with E-state index in [1.807, 2.05) is 30.3 Å². The SMILES string of the molecule is COc1cccc(OCCCn2c(CCCCCNC(=O)c3cccc(Cl)c3)nc3ccccc32)c1. The molecule has 0 saturated heterocycles. The zero-order chi connectivity index (χ0) is 25.2. The first kappa shape index (κ1) is 25.6. The maximum atomic E-state index is 12.2. The molecule has 7 heteroatoms. The number of hydrogen-bond acceptors (Lipinski definition) is 4. The summed E-state index contributed by atoms with van der Waals surface area (Å²) >= 11 is 5.97. The van der Waals surface area contributed by atoms with Gasteiger partial charge in [0.1, 0.15) is 17.3 Å². The number of aromatic nitrogens is 2. The third kappa shape index (κ3) is 7.01. The molecule has 4 rings (SSSR count). The fraction of sp³-hybridized carbons (Fsp3) is 0.310. The van der Waals surface area contributed by atoms with E-state index in [1.54, 1.807) is 31.4 Å². The van der Waals surface area contributed by atoms with Gasteiger partial charge in [-0.3, -0.25) is 4.79 Å². The number of imidazole rings is 1. The van der Waals surface area contributed by atoms with Crippen LogP contribution in [0.25, 0.3) is 11.0 Å². The number of rotatable bonds is 13. The smallest absolute Gasteiger partial charge is 0.251 e. The van der Waals surface area contributed by atoms with E-state index in [4.69, 9.17) is 26.1 Å². The lowest BCUT2D eigenvalue weighted by Gasteiger charge is -2.11. The van der Waals surface area contributed by atoms with Crippen molar-refractivity contribution in [3.8, 4) is 11.5 Å². The number of amides is 1. The van der Waals surface area contributed by atoms with E-state index in [0.29, 0.717) is 23.7 Å². The predicted molar refractivity (Wildman–Crippen MR) is 144 cm³/mol. The molecule has 0 aliphatic carbocycles. The summed E-state index contributed by atoms with van der Waals surface area (Å²) in [6.07, 6.45) is 4.71. The molecule has 6 nitrogen and oxygen atoms in total. The van der Waals surface area contributed by atoms with Gasteiger partial charge in [0, 0.05) is 36.2 Å². The lowest BCUT2D eigenvalue weighted by molar-refractivity contribution is 0.0953. The number of para-hydroxylation sites is 2. The molecule has 1 amide bonds. The van der Waals surface area contributed by atoms with Gasteiger partial charge in [0.05, 0.1) is 24.8 Å². The minimum absolute atomic E-state index is 0.0875. The number of benzene rings is 3. The molecule has 1 N–H and O–H groups in total. The van der Waals surface area contributed by atoms with Crippen molar-refractivity contribution in [3.63, 3.8) is 0 Å². The number of nitrogens with one attached hydrogen (secondary N) is 1. The number of halogens is 1. The molecule has 0 radical (unpaired) electrons. The number of carbonyl (C=O) groups is 1. The van der Waals surface area contributed by atoms with Crippen molar-refractivity contribution in [2.75, 3.05) is 20.3 Å². The molecule has 1 aromatic heterocycles. The monoisotopic (exact) mass is 505 g/mol. The van der Waals surface area contributed by atoms with E-state index < -0.39 is 0 Å². The van der Waals surface area contributed by atoms with Crippen molar-refractivity contribution < 1.29 is 14.3 Å². The zero-order valence-electron chi connectivity index (χ0n) is 20.6. The predicted octanol–water partition coefficient (Wildman–Crippen LogP) is 6.31. The molecule has 188 valence electrons. The van der Waals surface area contributed by atoms with Crippen LogP contribution in [0.1, 0.15) is 41.9 Å². The summed E-state index contributed by atoms with van der Waals surface area (Å²) in [5, 5.41) is 3.54. The van der Waals surface area contributed by atoms with Crippen molar-refractivity contribution in [1.29, 1.82) is 0 Å². The Balaban J connectivity index is 1.24. The van der Waals surface area contributed by atoms with Crippen molar-refractivity contribution in [2.24, 2.45) is 0 Å². The van der Waals surface area contributed by atoms with Gasteiger partial charge in [-0.25, -0.2) is 4.98 Å². The van der Waals surface area contributed by atoms with E-state index in [9.17, 15) is 4.79 Å². The van der Waals surface area contributed by atoms with Crippen LogP contribution in [0.15, 0.2) is 72.8 Å².